The van der Waals surface area contributed by atoms with Gasteiger partial charge in [-0.3, -0.25) is 0 Å². The van der Waals surface area contributed by atoms with E-state index in [0.717, 1.165) is 49.7 Å². The fourth-order valence-corrected chi connectivity index (χ4v) is 4.52. The zero-order chi connectivity index (χ0) is 22.2. The average Bonchev–Trinajstić information content (AvgIpc) is 2.75. The molecule has 1 aliphatic carbocycles. The molecule has 1 aliphatic rings. The van der Waals surface area contributed by atoms with E-state index in [4.69, 9.17) is 9.47 Å². The van der Waals surface area contributed by atoms with Crippen LogP contribution < -0.4 is 9.47 Å². The highest BCUT2D eigenvalue weighted by atomic mass is 19.1. The van der Waals surface area contributed by atoms with Gasteiger partial charge in [-0.1, -0.05) is 25.5 Å². The van der Waals surface area contributed by atoms with Crippen LogP contribution in [0.4, 0.5) is 13.2 Å². The zero-order valence-corrected chi connectivity index (χ0v) is 18.5. The SMILES string of the molecule is CCCc1ccc(C2CCC(CC(F)COc3ccc(OCC)c(F)c3)CC2)c(F)c1. The van der Waals surface area contributed by atoms with Crippen LogP contribution in [0.15, 0.2) is 36.4 Å². The third-order valence-electron chi connectivity index (χ3n) is 6.11. The van der Waals surface area contributed by atoms with Crippen LogP contribution in [0.1, 0.15) is 69.4 Å². The smallest absolute Gasteiger partial charge is 0.168 e. The maximum atomic E-state index is 14.5. The van der Waals surface area contributed by atoms with Gasteiger partial charge in [0.1, 0.15) is 24.3 Å². The summed E-state index contributed by atoms with van der Waals surface area (Å²) in [6.45, 7) is 4.15. The summed E-state index contributed by atoms with van der Waals surface area (Å²) in [6.07, 6.45) is 4.75. The molecule has 0 aromatic heterocycles. The molecule has 0 amide bonds. The molecule has 1 saturated carbocycles. The lowest BCUT2D eigenvalue weighted by Gasteiger charge is -2.30. The van der Waals surface area contributed by atoms with Crippen molar-refractivity contribution in [3.05, 3.63) is 59.2 Å². The van der Waals surface area contributed by atoms with Crippen LogP contribution in [0, 0.1) is 17.6 Å². The Morgan fingerprint density at radius 1 is 0.935 bits per heavy atom. The second-order valence-corrected chi connectivity index (χ2v) is 8.49. The van der Waals surface area contributed by atoms with Gasteiger partial charge in [0.05, 0.1) is 6.61 Å². The van der Waals surface area contributed by atoms with Gasteiger partial charge in [-0.25, -0.2) is 13.2 Å². The highest BCUT2D eigenvalue weighted by molar-refractivity contribution is 5.33. The van der Waals surface area contributed by atoms with Crippen molar-refractivity contribution in [2.24, 2.45) is 5.92 Å². The van der Waals surface area contributed by atoms with Crippen LogP contribution in [0.3, 0.4) is 0 Å². The molecule has 2 aromatic rings. The third kappa shape index (κ3) is 6.65. The van der Waals surface area contributed by atoms with E-state index in [1.165, 1.54) is 12.1 Å². The van der Waals surface area contributed by atoms with Crippen molar-refractivity contribution in [3.8, 4) is 11.5 Å². The maximum Gasteiger partial charge on any atom is 0.168 e. The van der Waals surface area contributed by atoms with Crippen LogP contribution >= 0.6 is 0 Å². The Morgan fingerprint density at radius 2 is 1.71 bits per heavy atom. The summed E-state index contributed by atoms with van der Waals surface area (Å²) in [7, 11) is 0. The Labute approximate surface area is 183 Å². The second-order valence-electron chi connectivity index (χ2n) is 8.49. The number of rotatable bonds is 10. The molecule has 0 saturated heterocycles. The number of aryl methyl sites for hydroxylation is 1. The summed E-state index contributed by atoms with van der Waals surface area (Å²) < 4.78 is 53.5. The normalized spacial score (nSPS) is 19.8. The summed E-state index contributed by atoms with van der Waals surface area (Å²) in [5, 5.41) is 0. The van der Waals surface area contributed by atoms with Gasteiger partial charge < -0.3 is 9.47 Å². The molecule has 2 nitrogen and oxygen atoms in total. The molecule has 2 aromatic carbocycles. The van der Waals surface area contributed by atoms with E-state index in [2.05, 4.69) is 6.92 Å². The largest absolute Gasteiger partial charge is 0.491 e. The number of halogens is 3. The molecule has 0 spiro atoms. The standard InChI is InChI=1S/C26H33F3O2/c1-3-5-18-8-12-23(24(28)15-18)20-9-6-19(7-10-20)14-21(27)17-31-22-11-13-26(30-4-2)25(29)16-22/h8,11-13,15-16,19-21H,3-7,9-10,14,17H2,1-2H3. The highest BCUT2D eigenvalue weighted by Crippen LogP contribution is 2.39. The molecule has 3 rings (SSSR count). The van der Waals surface area contributed by atoms with Crippen molar-refractivity contribution in [3.63, 3.8) is 0 Å². The summed E-state index contributed by atoms with van der Waals surface area (Å²) in [4.78, 5) is 0. The van der Waals surface area contributed by atoms with E-state index in [1.54, 1.807) is 19.1 Å². The van der Waals surface area contributed by atoms with Gasteiger partial charge in [-0.15, -0.1) is 0 Å². The van der Waals surface area contributed by atoms with Crippen molar-refractivity contribution in [2.75, 3.05) is 13.2 Å². The Kier molecular flexibility index (Phi) is 8.68. The first-order chi connectivity index (χ1) is 15.0. The molecule has 0 heterocycles. The molecular formula is C26H33F3O2. The molecule has 1 unspecified atom stereocenters. The minimum atomic E-state index is -1.11. The summed E-state index contributed by atoms with van der Waals surface area (Å²) in [5.41, 5.74) is 1.85. The predicted molar refractivity (Wildman–Crippen MR) is 118 cm³/mol. The van der Waals surface area contributed by atoms with Crippen LogP contribution in [-0.4, -0.2) is 19.4 Å². The van der Waals surface area contributed by atoms with Gasteiger partial charge in [0.15, 0.2) is 11.6 Å². The Morgan fingerprint density at radius 3 is 2.35 bits per heavy atom. The fourth-order valence-electron chi connectivity index (χ4n) is 4.52. The van der Waals surface area contributed by atoms with Crippen molar-refractivity contribution >= 4 is 0 Å². The topological polar surface area (TPSA) is 18.5 Å². The van der Waals surface area contributed by atoms with Gasteiger partial charge in [0.25, 0.3) is 0 Å². The van der Waals surface area contributed by atoms with Crippen LogP contribution in [0.25, 0.3) is 0 Å². The summed E-state index contributed by atoms with van der Waals surface area (Å²) >= 11 is 0. The van der Waals surface area contributed by atoms with Crippen molar-refractivity contribution in [1.82, 2.24) is 0 Å². The van der Waals surface area contributed by atoms with Gasteiger partial charge in [-0.2, -0.15) is 0 Å². The van der Waals surface area contributed by atoms with E-state index < -0.39 is 12.0 Å². The molecule has 1 atom stereocenters. The number of ether oxygens (including phenoxy) is 2. The first-order valence-corrected chi connectivity index (χ1v) is 11.5. The lowest BCUT2D eigenvalue weighted by atomic mass is 9.76. The average molecular weight is 435 g/mol. The van der Waals surface area contributed by atoms with Gasteiger partial charge in [0.2, 0.25) is 0 Å². The molecule has 5 heteroatoms. The van der Waals surface area contributed by atoms with E-state index in [9.17, 15) is 13.2 Å². The van der Waals surface area contributed by atoms with Crippen molar-refractivity contribution in [2.45, 2.75) is 70.9 Å². The minimum Gasteiger partial charge on any atom is -0.491 e. The summed E-state index contributed by atoms with van der Waals surface area (Å²) in [6, 6.07) is 9.95. The Bertz CT molecular complexity index is 831. The Hall–Kier alpha value is -2.17. The fraction of sp³-hybridized carbons (Fsp3) is 0.538. The zero-order valence-electron chi connectivity index (χ0n) is 18.5. The molecule has 31 heavy (non-hydrogen) atoms. The van der Waals surface area contributed by atoms with E-state index in [1.807, 2.05) is 12.1 Å². The third-order valence-corrected chi connectivity index (χ3v) is 6.11. The van der Waals surface area contributed by atoms with Gasteiger partial charge >= 0.3 is 0 Å². The number of alkyl halides is 1. The summed E-state index contributed by atoms with van der Waals surface area (Å²) in [5.74, 6) is 0.341. The molecule has 1 fully saturated rings. The molecule has 0 bridgehead atoms. The quantitative estimate of drug-likeness (QED) is 0.388. The van der Waals surface area contributed by atoms with Gasteiger partial charge in [0, 0.05) is 6.07 Å². The van der Waals surface area contributed by atoms with Crippen molar-refractivity contribution < 1.29 is 22.6 Å². The van der Waals surface area contributed by atoms with E-state index in [0.29, 0.717) is 18.8 Å². The molecule has 0 aliphatic heterocycles. The number of benzene rings is 2. The minimum absolute atomic E-state index is 0.0964. The van der Waals surface area contributed by atoms with Crippen LogP contribution in [0.2, 0.25) is 0 Å². The predicted octanol–water partition coefficient (Wildman–Crippen LogP) is 7.40. The molecule has 0 radical (unpaired) electrons. The highest BCUT2D eigenvalue weighted by Gasteiger charge is 2.26. The lowest BCUT2D eigenvalue weighted by molar-refractivity contribution is 0.152. The number of hydrogen-bond donors (Lipinski definition) is 0. The van der Waals surface area contributed by atoms with Crippen LogP contribution in [-0.2, 0) is 6.42 Å². The van der Waals surface area contributed by atoms with E-state index in [-0.39, 0.29) is 30.0 Å². The molecular weight excluding hydrogens is 401 g/mol. The first-order valence-electron chi connectivity index (χ1n) is 11.5. The second kappa shape index (κ2) is 11.4. The van der Waals surface area contributed by atoms with Crippen LogP contribution in [0.5, 0.6) is 11.5 Å². The van der Waals surface area contributed by atoms with Gasteiger partial charge in [-0.05, 0) is 86.6 Å². The monoisotopic (exact) mass is 434 g/mol. The molecule has 170 valence electrons. The van der Waals surface area contributed by atoms with E-state index >= 15 is 0 Å². The Balaban J connectivity index is 1.44. The first kappa shape index (κ1) is 23.5. The lowest BCUT2D eigenvalue weighted by Crippen LogP contribution is -2.21. The van der Waals surface area contributed by atoms with Crippen molar-refractivity contribution in [1.29, 1.82) is 0 Å². The molecule has 0 N–H and O–H groups in total. The maximum absolute atomic E-state index is 14.5. The number of hydrogen-bond acceptors (Lipinski definition) is 2.